The predicted octanol–water partition coefficient (Wildman–Crippen LogP) is 19.5. The molecule has 0 spiro atoms. The number of hydrogen-bond donors (Lipinski definition) is 0. The summed E-state index contributed by atoms with van der Waals surface area (Å²) in [6.45, 7) is 0. The van der Waals surface area contributed by atoms with Crippen molar-refractivity contribution in [1.29, 1.82) is 0 Å². The maximum atomic E-state index is 5.98. The van der Waals surface area contributed by atoms with E-state index in [1.165, 1.54) is 0 Å². The third kappa shape index (κ3) is 10.2. The molecule has 0 unspecified atom stereocenters. The molecule has 16 bridgehead atoms. The zero-order chi connectivity index (χ0) is 59.5. The average molecular weight is 1270 g/mol. The molecule has 10 heteroatoms. The van der Waals surface area contributed by atoms with E-state index in [1.54, 1.807) is 0 Å². The molecule has 0 fully saturated rings. The Hall–Kier alpha value is -11.2. The van der Waals surface area contributed by atoms with Gasteiger partial charge in [-0.05, 0) is 138 Å². The molecule has 10 heterocycles. The first-order chi connectivity index (χ1) is 44.6. The van der Waals surface area contributed by atoms with Crippen LogP contribution in [0.3, 0.4) is 0 Å². The van der Waals surface area contributed by atoms with Gasteiger partial charge in [-0.15, -0.1) is 44.1 Å². The number of benzene rings is 7. The second-order valence-corrected chi connectivity index (χ2v) is 22.5. The molecule has 0 atom stereocenters. The summed E-state index contributed by atoms with van der Waals surface area (Å²) >= 11 is 0. The molecule has 440 valence electrons. The smallest absolute Gasteiger partial charge is 0.657 e. The van der Waals surface area contributed by atoms with Crippen LogP contribution in [0.5, 0.6) is 0 Å². The Morgan fingerprint density at radius 1 is 0.185 bits per heavy atom. The van der Waals surface area contributed by atoms with Crippen molar-refractivity contribution >= 4 is 92.7 Å². The van der Waals surface area contributed by atoms with Gasteiger partial charge in [-0.3, -0.25) is 0 Å². The summed E-state index contributed by atoms with van der Waals surface area (Å²) < 4.78 is 0. The van der Waals surface area contributed by atoms with Crippen LogP contribution >= 0.6 is 0 Å². The summed E-state index contributed by atoms with van der Waals surface area (Å²) in [4.78, 5) is 45.4. The molecule has 8 nitrogen and oxygen atoms in total. The Kier molecular flexibility index (Phi) is 15.1. The van der Waals surface area contributed by atoms with E-state index in [1.807, 2.05) is 42.5 Å². The van der Waals surface area contributed by atoms with Crippen LogP contribution in [0.15, 0.2) is 255 Å². The summed E-state index contributed by atoms with van der Waals surface area (Å²) in [5.74, 6) is 0. The van der Waals surface area contributed by atoms with Gasteiger partial charge in [-0.25, -0.2) is 19.9 Å². The van der Waals surface area contributed by atoms with Crippen molar-refractivity contribution in [2.24, 2.45) is 0 Å². The first-order valence-electron chi connectivity index (χ1n) is 30.2. The van der Waals surface area contributed by atoms with Crippen molar-refractivity contribution in [3.8, 4) is 89.0 Å². The van der Waals surface area contributed by atoms with Crippen LogP contribution in [-0.4, -0.2) is 19.9 Å². The van der Waals surface area contributed by atoms with Crippen LogP contribution in [0.2, 0.25) is 0 Å². The summed E-state index contributed by atoms with van der Waals surface area (Å²) in [5, 5.41) is 0. The van der Waals surface area contributed by atoms with Crippen molar-refractivity contribution < 1.29 is 34.1 Å². The third-order valence-corrected chi connectivity index (χ3v) is 17.0. The third-order valence-electron chi connectivity index (χ3n) is 17.0. The monoisotopic (exact) mass is 1270 g/mol. The van der Waals surface area contributed by atoms with Crippen LogP contribution in [0.25, 0.3) is 182 Å². The zero-order valence-electron chi connectivity index (χ0n) is 49.0. The van der Waals surface area contributed by atoms with Crippen molar-refractivity contribution in [2.45, 2.75) is 0 Å². The van der Waals surface area contributed by atoms with Gasteiger partial charge in [0.15, 0.2) is 0 Å². The standard InChI is InChI=1S/C82H50N8.2Cu/c1-8-22-51(23-9-1)74-59-37-40-63(84-59)77(54-28-14-4-15-29-54)67-45-48-71(88-67)81(72-49-46-68(89-72)78(55-30-16-5-17-31-55)64-41-38-60(74)85-64)58-50-73-79(56-32-18-6-19-33-56)69-43-42-65(86-69)75(52-24-10-2-11-25-52)61-36-39-62(83-61)76(53-26-12-3-13-27-53)66-44-47-70(87-66)80(82(58)90-73)57-34-20-7-21-35-57;;/h1-50H;;/q-4;2*+2. The second kappa shape index (κ2) is 24.3. The Balaban J connectivity index is 0.00000351. The maximum absolute atomic E-state index is 5.98. The number of aromatic nitrogens is 8. The van der Waals surface area contributed by atoms with Gasteiger partial charge >= 0.3 is 34.1 Å². The molecule has 0 N–H and O–H groups in total. The summed E-state index contributed by atoms with van der Waals surface area (Å²) in [7, 11) is 0. The van der Waals surface area contributed by atoms with Gasteiger partial charge in [0.2, 0.25) is 0 Å². The van der Waals surface area contributed by atoms with Crippen molar-refractivity contribution in [3.63, 3.8) is 0 Å². The molecule has 0 amide bonds. The summed E-state index contributed by atoms with van der Waals surface area (Å²) in [6.07, 6.45) is 16.9. The van der Waals surface area contributed by atoms with Gasteiger partial charge in [0.05, 0.1) is 45.6 Å². The van der Waals surface area contributed by atoms with Crippen LogP contribution in [0.1, 0.15) is 45.6 Å². The molecule has 0 aliphatic carbocycles. The Morgan fingerprint density at radius 3 is 0.630 bits per heavy atom. The van der Waals surface area contributed by atoms with Crippen molar-refractivity contribution in [2.75, 3.05) is 0 Å². The largest absolute Gasteiger partial charge is 2.00 e. The molecule has 0 saturated carbocycles. The maximum Gasteiger partial charge on any atom is 2.00 e. The molecule has 4 aliphatic rings. The SMILES string of the molecule is C1=Cc2nc1c(-c1ccccc1)c1ccc([n-]1)c(-c1ccccc1)c1nc(c(-c3cc4[n-]c3c(-c3ccccc3)c3nc(c(-c5ccccc5)c5ccc([n-]5)c(-c5ccccc5)c5nc(c4-c4ccccc4)C=C5)C=C3)c3ccc([n-]3)c2-c2ccccc2)C=C1.[Cu+2].[Cu+2]. The molecular formula is C82H50Cu2N8. The van der Waals surface area contributed by atoms with E-state index in [0.29, 0.717) is 22.2 Å². The van der Waals surface area contributed by atoms with Gasteiger partial charge in [-0.1, -0.05) is 255 Å². The molecule has 17 rings (SSSR count). The summed E-state index contributed by atoms with van der Waals surface area (Å²) in [5.41, 5.74) is 26.9. The Bertz CT molecular complexity index is 5460. The number of hydrogen-bond acceptors (Lipinski definition) is 4. The van der Waals surface area contributed by atoms with Crippen molar-refractivity contribution in [3.05, 3.63) is 300 Å². The minimum absolute atomic E-state index is 0. The van der Waals surface area contributed by atoms with Crippen LogP contribution in [-0.2, 0) is 34.1 Å². The van der Waals surface area contributed by atoms with E-state index >= 15 is 0 Å². The molecule has 13 aromatic rings. The Morgan fingerprint density at radius 2 is 0.380 bits per heavy atom. The quantitative estimate of drug-likeness (QED) is 0.138. The molecule has 92 heavy (non-hydrogen) atoms. The topological polar surface area (TPSA) is 108 Å². The molecule has 4 aliphatic heterocycles. The summed E-state index contributed by atoms with van der Waals surface area (Å²) in [6, 6.07) is 88.0. The van der Waals surface area contributed by atoms with E-state index in [2.05, 4.69) is 261 Å². The van der Waals surface area contributed by atoms with E-state index in [4.69, 9.17) is 39.9 Å². The van der Waals surface area contributed by atoms with Crippen LogP contribution < -0.4 is 19.9 Å². The first-order valence-corrected chi connectivity index (χ1v) is 30.2. The fourth-order valence-corrected chi connectivity index (χ4v) is 13.0. The van der Waals surface area contributed by atoms with Crippen LogP contribution in [0.4, 0.5) is 0 Å². The molecule has 7 aromatic carbocycles. The van der Waals surface area contributed by atoms with E-state index in [9.17, 15) is 0 Å². The Labute approximate surface area is 552 Å². The molecule has 0 saturated heterocycles. The minimum Gasteiger partial charge on any atom is -0.657 e. The van der Waals surface area contributed by atoms with Gasteiger partial charge in [-0.2, -0.15) is 0 Å². The van der Waals surface area contributed by atoms with E-state index in [-0.39, 0.29) is 34.1 Å². The fraction of sp³-hybridized carbons (Fsp3) is 0. The zero-order valence-corrected chi connectivity index (χ0v) is 50.9. The van der Waals surface area contributed by atoms with Crippen molar-refractivity contribution in [1.82, 2.24) is 39.9 Å². The number of nitrogens with zero attached hydrogens (tertiary/aromatic N) is 8. The van der Waals surface area contributed by atoms with Gasteiger partial charge in [0.25, 0.3) is 0 Å². The molecule has 6 aromatic heterocycles. The van der Waals surface area contributed by atoms with Gasteiger partial charge < -0.3 is 19.9 Å². The molecule has 2 radical (unpaired) electrons. The predicted molar refractivity (Wildman–Crippen MR) is 371 cm³/mol. The van der Waals surface area contributed by atoms with Gasteiger partial charge in [0, 0.05) is 0 Å². The normalized spacial score (nSPS) is 12.0. The second-order valence-electron chi connectivity index (χ2n) is 22.5. The van der Waals surface area contributed by atoms with E-state index in [0.717, 1.165) is 156 Å². The van der Waals surface area contributed by atoms with E-state index < -0.39 is 0 Å². The fourth-order valence-electron chi connectivity index (χ4n) is 13.0. The minimum atomic E-state index is 0. The van der Waals surface area contributed by atoms with Crippen LogP contribution in [0, 0.1) is 0 Å². The number of fused-ring (bicyclic) bond motifs is 16. The number of rotatable bonds is 8. The first kappa shape index (κ1) is 57.2. The van der Waals surface area contributed by atoms with Gasteiger partial charge in [0.1, 0.15) is 0 Å². The molecular weight excluding hydrogens is 1220 g/mol. The average Bonchev–Trinajstić information content (AvgIpc) is 1.64.